The summed E-state index contributed by atoms with van der Waals surface area (Å²) >= 11 is 2.15. The summed E-state index contributed by atoms with van der Waals surface area (Å²) in [6, 6.07) is 0. The van der Waals surface area contributed by atoms with E-state index in [9.17, 15) is 0 Å². The third kappa shape index (κ3) is 5.26. The van der Waals surface area contributed by atoms with Gasteiger partial charge in [0.05, 0.1) is 0 Å². The van der Waals surface area contributed by atoms with Crippen molar-refractivity contribution >= 4 is 11.8 Å². The summed E-state index contributed by atoms with van der Waals surface area (Å²) in [5, 5.41) is 3.49. The van der Waals surface area contributed by atoms with Crippen molar-refractivity contribution in [3.63, 3.8) is 0 Å². The minimum atomic E-state index is 0.907. The minimum Gasteiger partial charge on any atom is -0.316 e. The van der Waals surface area contributed by atoms with Crippen molar-refractivity contribution in [1.29, 1.82) is 0 Å². The van der Waals surface area contributed by atoms with E-state index in [-0.39, 0.29) is 0 Å². The quantitative estimate of drug-likeness (QED) is 0.683. The van der Waals surface area contributed by atoms with E-state index in [0.717, 1.165) is 11.8 Å². The molecule has 1 saturated heterocycles. The Hall–Kier alpha value is 0.310. The Labute approximate surface area is 93.4 Å². The molecule has 1 fully saturated rings. The summed E-state index contributed by atoms with van der Waals surface area (Å²) in [7, 11) is 0. The lowest BCUT2D eigenvalue weighted by Gasteiger charge is -2.22. The molecule has 0 spiro atoms. The maximum Gasteiger partial charge on any atom is -0.00202 e. The van der Waals surface area contributed by atoms with Crippen LogP contribution in [0.4, 0.5) is 0 Å². The van der Waals surface area contributed by atoms with E-state index in [4.69, 9.17) is 0 Å². The fourth-order valence-corrected chi connectivity index (χ4v) is 3.13. The lowest BCUT2D eigenvalue weighted by atomic mass is 9.97. The smallest absolute Gasteiger partial charge is 0.00202 e. The number of piperidine rings is 1. The predicted octanol–water partition coefficient (Wildman–Crippen LogP) is 3.16. The average Bonchev–Trinajstić information content (AvgIpc) is 2.25. The summed E-state index contributed by atoms with van der Waals surface area (Å²) in [6.07, 6.45) is 5.60. The zero-order valence-electron chi connectivity index (χ0n) is 9.72. The molecule has 1 aliphatic rings. The zero-order valence-corrected chi connectivity index (χ0v) is 10.5. The predicted molar refractivity (Wildman–Crippen MR) is 67.0 cm³/mol. The second-order valence-electron chi connectivity index (χ2n) is 4.59. The number of nitrogens with one attached hydrogen (secondary N) is 1. The van der Waals surface area contributed by atoms with Gasteiger partial charge in [-0.2, -0.15) is 11.8 Å². The molecule has 0 aromatic heterocycles. The van der Waals surface area contributed by atoms with Crippen molar-refractivity contribution in [3.05, 3.63) is 0 Å². The summed E-state index contributed by atoms with van der Waals surface area (Å²) in [4.78, 5) is 0. The van der Waals surface area contributed by atoms with Crippen molar-refractivity contribution in [1.82, 2.24) is 5.32 Å². The van der Waals surface area contributed by atoms with E-state index in [2.05, 4.69) is 30.9 Å². The molecule has 1 rings (SSSR count). The molecular formula is C12H25NS. The molecule has 0 bridgehead atoms. The second kappa shape index (κ2) is 7.58. The molecule has 1 nitrogen and oxygen atoms in total. The van der Waals surface area contributed by atoms with Crippen LogP contribution in [0, 0.1) is 11.8 Å². The first-order chi connectivity index (χ1) is 6.83. The fraction of sp³-hybridized carbons (Fsp3) is 1.00. The van der Waals surface area contributed by atoms with Gasteiger partial charge in [0.15, 0.2) is 0 Å². The van der Waals surface area contributed by atoms with Crippen molar-refractivity contribution in [2.45, 2.75) is 39.5 Å². The van der Waals surface area contributed by atoms with E-state index in [1.807, 2.05) is 0 Å². The van der Waals surface area contributed by atoms with Crippen LogP contribution in [0.5, 0.6) is 0 Å². The Kier molecular flexibility index (Phi) is 6.70. The van der Waals surface area contributed by atoms with Gasteiger partial charge in [0.1, 0.15) is 0 Å². The van der Waals surface area contributed by atoms with Crippen LogP contribution in [0.3, 0.4) is 0 Å². The third-order valence-corrected chi connectivity index (χ3v) is 4.50. The van der Waals surface area contributed by atoms with Crippen LogP contribution in [-0.4, -0.2) is 24.6 Å². The fourth-order valence-electron chi connectivity index (χ4n) is 1.82. The molecule has 1 aliphatic heterocycles. The lowest BCUT2D eigenvalue weighted by Crippen LogP contribution is -2.30. The summed E-state index contributed by atoms with van der Waals surface area (Å²) in [6.45, 7) is 7.16. The standard InChI is InChI=1S/C12H25NS/c1-3-11(2)10-14-8-6-12-5-4-7-13-9-12/h11-13H,3-10H2,1-2H3. The molecule has 0 radical (unpaired) electrons. The normalized spacial score (nSPS) is 24.9. The van der Waals surface area contributed by atoms with E-state index in [1.165, 1.54) is 50.3 Å². The summed E-state index contributed by atoms with van der Waals surface area (Å²) < 4.78 is 0. The molecule has 0 aliphatic carbocycles. The highest BCUT2D eigenvalue weighted by molar-refractivity contribution is 7.99. The molecule has 84 valence electrons. The van der Waals surface area contributed by atoms with Gasteiger partial charge in [0.25, 0.3) is 0 Å². The van der Waals surface area contributed by atoms with Gasteiger partial charge in [-0.05, 0) is 55.7 Å². The highest BCUT2D eigenvalue weighted by atomic mass is 32.2. The average molecular weight is 215 g/mol. The highest BCUT2D eigenvalue weighted by Gasteiger charge is 2.12. The van der Waals surface area contributed by atoms with Gasteiger partial charge in [0.2, 0.25) is 0 Å². The van der Waals surface area contributed by atoms with E-state index in [1.54, 1.807) is 0 Å². The molecule has 0 saturated carbocycles. The largest absolute Gasteiger partial charge is 0.316 e. The van der Waals surface area contributed by atoms with Crippen LogP contribution in [0.25, 0.3) is 0 Å². The van der Waals surface area contributed by atoms with Crippen LogP contribution < -0.4 is 5.32 Å². The summed E-state index contributed by atoms with van der Waals surface area (Å²) in [5.41, 5.74) is 0. The number of thioether (sulfide) groups is 1. The summed E-state index contributed by atoms with van der Waals surface area (Å²) in [5.74, 6) is 4.60. The Balaban J connectivity index is 1.92. The third-order valence-electron chi connectivity index (χ3n) is 3.17. The number of hydrogen-bond acceptors (Lipinski definition) is 2. The molecule has 2 heteroatoms. The molecule has 2 unspecified atom stereocenters. The molecule has 1 heterocycles. The monoisotopic (exact) mass is 215 g/mol. The lowest BCUT2D eigenvalue weighted by molar-refractivity contribution is 0.371. The minimum absolute atomic E-state index is 0.907. The van der Waals surface area contributed by atoms with Crippen molar-refractivity contribution in [3.8, 4) is 0 Å². The van der Waals surface area contributed by atoms with E-state index < -0.39 is 0 Å². The van der Waals surface area contributed by atoms with Crippen LogP contribution in [0.15, 0.2) is 0 Å². The molecule has 2 atom stereocenters. The molecule has 0 amide bonds. The van der Waals surface area contributed by atoms with Crippen molar-refractivity contribution < 1.29 is 0 Å². The maximum atomic E-state index is 3.49. The topological polar surface area (TPSA) is 12.0 Å². The van der Waals surface area contributed by atoms with E-state index >= 15 is 0 Å². The first-order valence-electron chi connectivity index (χ1n) is 6.11. The Bertz CT molecular complexity index is 132. The Morgan fingerprint density at radius 3 is 3.00 bits per heavy atom. The Morgan fingerprint density at radius 1 is 1.50 bits per heavy atom. The Morgan fingerprint density at radius 2 is 2.36 bits per heavy atom. The van der Waals surface area contributed by atoms with Gasteiger partial charge in [0, 0.05) is 0 Å². The van der Waals surface area contributed by atoms with Gasteiger partial charge in [-0.3, -0.25) is 0 Å². The number of rotatable bonds is 6. The van der Waals surface area contributed by atoms with Gasteiger partial charge in [-0.15, -0.1) is 0 Å². The molecular weight excluding hydrogens is 190 g/mol. The maximum absolute atomic E-state index is 3.49. The number of hydrogen-bond donors (Lipinski definition) is 1. The SMILES string of the molecule is CCC(C)CSCCC1CCCNC1. The molecule has 0 aromatic carbocycles. The highest BCUT2D eigenvalue weighted by Crippen LogP contribution is 2.19. The van der Waals surface area contributed by atoms with Gasteiger partial charge in [-0.1, -0.05) is 20.3 Å². The first-order valence-corrected chi connectivity index (χ1v) is 7.26. The molecule has 1 N–H and O–H groups in total. The van der Waals surface area contributed by atoms with E-state index in [0.29, 0.717) is 0 Å². The molecule has 0 aromatic rings. The van der Waals surface area contributed by atoms with Crippen molar-refractivity contribution in [2.24, 2.45) is 11.8 Å². The van der Waals surface area contributed by atoms with Crippen LogP contribution in [0.2, 0.25) is 0 Å². The van der Waals surface area contributed by atoms with Crippen LogP contribution in [0.1, 0.15) is 39.5 Å². The zero-order chi connectivity index (χ0) is 10.2. The second-order valence-corrected chi connectivity index (χ2v) is 5.74. The van der Waals surface area contributed by atoms with Crippen LogP contribution >= 0.6 is 11.8 Å². The van der Waals surface area contributed by atoms with Crippen LogP contribution in [-0.2, 0) is 0 Å². The van der Waals surface area contributed by atoms with Crippen molar-refractivity contribution in [2.75, 3.05) is 24.6 Å². The van der Waals surface area contributed by atoms with Gasteiger partial charge in [-0.25, -0.2) is 0 Å². The van der Waals surface area contributed by atoms with Gasteiger partial charge < -0.3 is 5.32 Å². The molecule has 14 heavy (non-hydrogen) atoms. The first kappa shape index (κ1) is 12.4. The van der Waals surface area contributed by atoms with Gasteiger partial charge >= 0.3 is 0 Å².